The van der Waals surface area contributed by atoms with Gasteiger partial charge in [-0.1, -0.05) is 12.1 Å². The Kier molecular flexibility index (Phi) is 4.91. The van der Waals surface area contributed by atoms with Gasteiger partial charge in [-0.05, 0) is 44.0 Å². The zero-order chi connectivity index (χ0) is 17.0. The number of nitrogens with one attached hydrogen (secondary N) is 1. The summed E-state index contributed by atoms with van der Waals surface area (Å²) in [5, 5.41) is 20.8. The molecule has 0 unspecified atom stereocenters. The van der Waals surface area contributed by atoms with Gasteiger partial charge in [0.25, 0.3) is 0 Å². The maximum absolute atomic E-state index is 12.4. The first-order valence-electron chi connectivity index (χ1n) is 7.20. The van der Waals surface area contributed by atoms with Crippen molar-refractivity contribution in [2.45, 2.75) is 26.7 Å². The minimum absolute atomic E-state index is 0.0760. The fourth-order valence-electron chi connectivity index (χ4n) is 2.49. The Hall–Kier alpha value is -2.94. The Bertz CT molecular complexity index is 711. The molecule has 0 fully saturated rings. The largest absolute Gasteiger partial charge is 0.508 e. The van der Waals surface area contributed by atoms with E-state index in [1.165, 1.54) is 0 Å². The van der Waals surface area contributed by atoms with E-state index in [1.807, 2.05) is 6.92 Å². The van der Waals surface area contributed by atoms with Crippen LogP contribution >= 0.6 is 0 Å². The van der Waals surface area contributed by atoms with Crippen LogP contribution in [0.4, 0.5) is 0 Å². The first-order chi connectivity index (χ1) is 11.0. The summed E-state index contributed by atoms with van der Waals surface area (Å²) in [6.45, 7) is 5.55. The Morgan fingerprint density at radius 1 is 1.39 bits per heavy atom. The van der Waals surface area contributed by atoms with Gasteiger partial charge in [-0.15, -0.1) is 0 Å². The number of carbonyl (C=O) groups is 1. The Morgan fingerprint density at radius 2 is 2.04 bits per heavy atom. The number of rotatable bonds is 4. The van der Waals surface area contributed by atoms with Gasteiger partial charge in [0.2, 0.25) is 5.88 Å². The number of benzene rings is 1. The molecule has 0 radical (unpaired) electrons. The highest BCUT2D eigenvalue weighted by Gasteiger charge is 2.35. The second kappa shape index (κ2) is 6.88. The molecule has 0 spiro atoms. The van der Waals surface area contributed by atoms with E-state index in [4.69, 9.17) is 14.7 Å². The SMILES string of the molecule is CCOC(=O)C1=C(NC#N)OC(C)=C(C)[C@H]1c1ccc(O)cc1. The molecule has 0 aromatic heterocycles. The molecule has 0 bridgehead atoms. The molecule has 2 rings (SSSR count). The predicted octanol–water partition coefficient (Wildman–Crippen LogP) is 2.65. The van der Waals surface area contributed by atoms with Crippen molar-refractivity contribution in [1.29, 1.82) is 5.26 Å². The molecule has 6 nitrogen and oxygen atoms in total. The average molecular weight is 314 g/mol. The summed E-state index contributed by atoms with van der Waals surface area (Å²) < 4.78 is 10.7. The number of allylic oxidation sites excluding steroid dienone is 2. The Morgan fingerprint density at radius 3 is 2.61 bits per heavy atom. The quantitative estimate of drug-likeness (QED) is 0.504. The van der Waals surface area contributed by atoms with E-state index in [-0.39, 0.29) is 23.8 Å². The zero-order valence-electron chi connectivity index (χ0n) is 13.2. The summed E-state index contributed by atoms with van der Waals surface area (Å²) in [7, 11) is 0. The van der Waals surface area contributed by atoms with Crippen LogP contribution in [0.5, 0.6) is 5.75 Å². The molecule has 120 valence electrons. The van der Waals surface area contributed by atoms with Gasteiger partial charge in [-0.3, -0.25) is 5.32 Å². The number of phenols is 1. The predicted molar refractivity (Wildman–Crippen MR) is 82.7 cm³/mol. The standard InChI is InChI=1S/C17H18N2O4/c1-4-22-17(21)15-14(12-5-7-13(20)8-6-12)10(2)11(3)23-16(15)19-9-18/h5-8,14,19-20H,4H2,1-3H3/t14-/m0/s1. The normalized spacial score (nSPS) is 17.4. The average Bonchev–Trinajstić information content (AvgIpc) is 2.52. The van der Waals surface area contributed by atoms with Gasteiger partial charge in [0, 0.05) is 5.92 Å². The van der Waals surface area contributed by atoms with Crippen molar-refractivity contribution in [3.8, 4) is 11.9 Å². The van der Waals surface area contributed by atoms with Crippen molar-refractivity contribution in [1.82, 2.24) is 5.32 Å². The first-order valence-corrected chi connectivity index (χ1v) is 7.20. The van der Waals surface area contributed by atoms with Crippen molar-refractivity contribution < 1.29 is 19.4 Å². The lowest BCUT2D eigenvalue weighted by Crippen LogP contribution is -2.27. The zero-order valence-corrected chi connectivity index (χ0v) is 13.2. The summed E-state index contributed by atoms with van der Waals surface area (Å²) in [5.74, 6) is -0.147. The summed E-state index contributed by atoms with van der Waals surface area (Å²) in [6, 6.07) is 6.55. The number of aromatic hydroxyl groups is 1. The third-order valence-electron chi connectivity index (χ3n) is 3.67. The minimum atomic E-state index is -0.546. The summed E-state index contributed by atoms with van der Waals surface area (Å²) in [4.78, 5) is 12.4. The molecule has 23 heavy (non-hydrogen) atoms. The maximum atomic E-state index is 12.4. The fourth-order valence-corrected chi connectivity index (χ4v) is 2.49. The van der Waals surface area contributed by atoms with Crippen LogP contribution in [0, 0.1) is 11.5 Å². The highest BCUT2D eigenvalue weighted by atomic mass is 16.5. The van der Waals surface area contributed by atoms with Crippen molar-refractivity contribution in [2.24, 2.45) is 0 Å². The molecule has 1 heterocycles. The molecule has 0 amide bonds. The second-order valence-electron chi connectivity index (χ2n) is 5.07. The van der Waals surface area contributed by atoms with Gasteiger partial charge >= 0.3 is 5.97 Å². The van der Waals surface area contributed by atoms with Crippen molar-refractivity contribution in [3.05, 3.63) is 52.6 Å². The van der Waals surface area contributed by atoms with Gasteiger partial charge in [0.05, 0.1) is 6.61 Å². The van der Waals surface area contributed by atoms with E-state index >= 15 is 0 Å². The maximum Gasteiger partial charge on any atom is 0.340 e. The molecule has 1 aliphatic rings. The molecule has 1 aromatic rings. The third-order valence-corrected chi connectivity index (χ3v) is 3.67. The van der Waals surface area contributed by atoms with Crippen LogP contribution in [0.25, 0.3) is 0 Å². The molecule has 6 heteroatoms. The number of nitrogens with zero attached hydrogens (tertiary/aromatic N) is 1. The van der Waals surface area contributed by atoms with Gasteiger partial charge in [0.1, 0.15) is 17.1 Å². The van der Waals surface area contributed by atoms with E-state index in [0.29, 0.717) is 5.76 Å². The van der Waals surface area contributed by atoms with Crippen LogP contribution in [0.1, 0.15) is 32.3 Å². The highest BCUT2D eigenvalue weighted by Crippen LogP contribution is 2.40. The Labute approximate surface area is 134 Å². The number of hydrogen-bond acceptors (Lipinski definition) is 6. The van der Waals surface area contributed by atoms with E-state index < -0.39 is 11.9 Å². The van der Waals surface area contributed by atoms with E-state index in [9.17, 15) is 9.90 Å². The van der Waals surface area contributed by atoms with Crippen LogP contribution in [0.15, 0.2) is 47.1 Å². The molecule has 0 saturated heterocycles. The van der Waals surface area contributed by atoms with Crippen LogP contribution in [-0.2, 0) is 14.3 Å². The van der Waals surface area contributed by atoms with E-state index in [0.717, 1.165) is 11.1 Å². The number of ether oxygens (including phenoxy) is 2. The van der Waals surface area contributed by atoms with E-state index in [1.54, 1.807) is 44.3 Å². The van der Waals surface area contributed by atoms with Crippen molar-refractivity contribution in [2.75, 3.05) is 6.61 Å². The lowest BCUT2D eigenvalue weighted by atomic mass is 9.83. The third kappa shape index (κ3) is 3.29. The van der Waals surface area contributed by atoms with Crippen LogP contribution in [0.2, 0.25) is 0 Å². The van der Waals surface area contributed by atoms with Gasteiger partial charge in [-0.2, -0.15) is 5.26 Å². The monoisotopic (exact) mass is 314 g/mol. The molecular formula is C17H18N2O4. The number of phenolic OH excluding ortho intramolecular Hbond substituents is 1. The number of hydrogen-bond donors (Lipinski definition) is 2. The summed E-state index contributed by atoms with van der Waals surface area (Å²) in [6.07, 6.45) is 1.78. The lowest BCUT2D eigenvalue weighted by molar-refractivity contribution is -0.139. The van der Waals surface area contributed by atoms with Crippen molar-refractivity contribution >= 4 is 5.97 Å². The molecular weight excluding hydrogens is 296 g/mol. The summed E-state index contributed by atoms with van der Waals surface area (Å²) >= 11 is 0. The number of nitriles is 1. The first kappa shape index (κ1) is 16.4. The molecule has 0 aliphatic carbocycles. The number of carbonyl (C=O) groups excluding carboxylic acids is 1. The van der Waals surface area contributed by atoms with Gasteiger partial charge in [-0.25, -0.2) is 4.79 Å². The second-order valence-corrected chi connectivity index (χ2v) is 5.07. The van der Waals surface area contributed by atoms with Crippen molar-refractivity contribution in [3.63, 3.8) is 0 Å². The highest BCUT2D eigenvalue weighted by molar-refractivity contribution is 5.92. The van der Waals surface area contributed by atoms with Crippen LogP contribution < -0.4 is 5.32 Å². The van der Waals surface area contributed by atoms with Gasteiger partial charge in [0.15, 0.2) is 6.19 Å². The topological polar surface area (TPSA) is 91.6 Å². The molecule has 0 saturated carbocycles. The smallest absolute Gasteiger partial charge is 0.340 e. The van der Waals surface area contributed by atoms with Gasteiger partial charge < -0.3 is 14.6 Å². The molecule has 1 aliphatic heterocycles. The summed E-state index contributed by atoms with van der Waals surface area (Å²) in [5.41, 5.74) is 1.87. The lowest BCUT2D eigenvalue weighted by Gasteiger charge is -2.29. The Balaban J connectivity index is 2.59. The number of esters is 1. The molecule has 1 aromatic carbocycles. The molecule has 1 atom stereocenters. The fraction of sp³-hybridized carbons (Fsp3) is 0.294. The van der Waals surface area contributed by atoms with Crippen LogP contribution in [0.3, 0.4) is 0 Å². The van der Waals surface area contributed by atoms with E-state index in [2.05, 4.69) is 5.32 Å². The van der Waals surface area contributed by atoms with Crippen LogP contribution in [-0.4, -0.2) is 17.7 Å². The minimum Gasteiger partial charge on any atom is -0.508 e. The molecule has 2 N–H and O–H groups in total.